The second kappa shape index (κ2) is 10.0. The summed E-state index contributed by atoms with van der Waals surface area (Å²) in [4.78, 5) is 34.2. The Morgan fingerprint density at radius 3 is 2.50 bits per heavy atom. The largest absolute Gasteiger partial charge is 0.480 e. The third kappa shape index (κ3) is 6.93. The average molecular weight is 384 g/mol. The Morgan fingerprint density at radius 2 is 1.92 bits per heavy atom. The second-order valence-electron chi connectivity index (χ2n) is 5.83. The zero-order valence-electron chi connectivity index (χ0n) is 14.8. The fourth-order valence-corrected chi connectivity index (χ4v) is 3.27. The molecular formula is C17H24N2O6S. The van der Waals surface area contributed by atoms with Gasteiger partial charge in [0.2, 0.25) is 15.9 Å². The van der Waals surface area contributed by atoms with Crippen LogP contribution in [0, 0.1) is 0 Å². The first-order chi connectivity index (χ1) is 12.2. The quantitative estimate of drug-likeness (QED) is 0.493. The van der Waals surface area contributed by atoms with Crippen LogP contribution in [0.15, 0.2) is 29.2 Å². The minimum atomic E-state index is -3.87. The van der Waals surface area contributed by atoms with Gasteiger partial charge in [-0.25, -0.2) is 17.9 Å². The normalized spacial score (nSPS) is 12.4. The SMILES string of the molecule is CCCC[C@H](NC(=O)CCNS(=O)(=O)c1cccc(C(C)=O)c1)C(=O)O. The lowest BCUT2D eigenvalue weighted by Crippen LogP contribution is -2.41. The van der Waals surface area contributed by atoms with Gasteiger partial charge in [-0.05, 0) is 25.5 Å². The van der Waals surface area contributed by atoms with Crippen molar-refractivity contribution in [2.24, 2.45) is 0 Å². The number of hydrogen-bond acceptors (Lipinski definition) is 5. The molecule has 0 radical (unpaired) electrons. The molecule has 1 rings (SSSR count). The molecular weight excluding hydrogens is 360 g/mol. The highest BCUT2D eigenvalue weighted by Gasteiger charge is 2.20. The van der Waals surface area contributed by atoms with Gasteiger partial charge >= 0.3 is 5.97 Å². The summed E-state index contributed by atoms with van der Waals surface area (Å²) in [5.74, 6) is -1.92. The van der Waals surface area contributed by atoms with Crippen molar-refractivity contribution in [1.29, 1.82) is 0 Å². The van der Waals surface area contributed by atoms with E-state index in [4.69, 9.17) is 5.11 Å². The maximum atomic E-state index is 12.2. The van der Waals surface area contributed by atoms with Crippen LogP contribution >= 0.6 is 0 Å². The minimum absolute atomic E-state index is 0.0723. The zero-order valence-corrected chi connectivity index (χ0v) is 15.6. The molecule has 0 bridgehead atoms. The molecule has 1 amide bonds. The van der Waals surface area contributed by atoms with Crippen molar-refractivity contribution in [1.82, 2.24) is 10.0 Å². The van der Waals surface area contributed by atoms with Gasteiger partial charge in [-0.2, -0.15) is 0 Å². The van der Waals surface area contributed by atoms with Gasteiger partial charge in [-0.1, -0.05) is 31.9 Å². The van der Waals surface area contributed by atoms with Crippen molar-refractivity contribution in [3.63, 3.8) is 0 Å². The number of aliphatic carboxylic acids is 1. The number of rotatable bonds is 11. The van der Waals surface area contributed by atoms with E-state index >= 15 is 0 Å². The monoisotopic (exact) mass is 384 g/mol. The fourth-order valence-electron chi connectivity index (χ4n) is 2.20. The number of hydrogen-bond donors (Lipinski definition) is 3. The van der Waals surface area contributed by atoms with Gasteiger partial charge in [0.05, 0.1) is 4.90 Å². The molecule has 3 N–H and O–H groups in total. The number of carboxylic acids is 1. The molecule has 8 nitrogen and oxygen atoms in total. The lowest BCUT2D eigenvalue weighted by atomic mass is 10.1. The van der Waals surface area contributed by atoms with E-state index in [9.17, 15) is 22.8 Å². The molecule has 0 saturated carbocycles. The van der Waals surface area contributed by atoms with Gasteiger partial charge in [0, 0.05) is 18.5 Å². The smallest absolute Gasteiger partial charge is 0.326 e. The van der Waals surface area contributed by atoms with E-state index in [1.54, 1.807) is 0 Å². The molecule has 9 heteroatoms. The Labute approximate surface area is 153 Å². The summed E-state index contributed by atoms with van der Waals surface area (Å²) >= 11 is 0. The number of amides is 1. The molecule has 0 unspecified atom stereocenters. The van der Waals surface area contributed by atoms with E-state index in [2.05, 4.69) is 10.0 Å². The Kier molecular flexibility index (Phi) is 8.40. The van der Waals surface area contributed by atoms with Crippen LogP contribution in [0.2, 0.25) is 0 Å². The van der Waals surface area contributed by atoms with E-state index < -0.39 is 27.9 Å². The van der Waals surface area contributed by atoms with Gasteiger partial charge in [0.1, 0.15) is 6.04 Å². The first-order valence-corrected chi connectivity index (χ1v) is 9.78. The Bertz CT molecular complexity index is 760. The Morgan fingerprint density at radius 1 is 1.23 bits per heavy atom. The fraction of sp³-hybridized carbons (Fsp3) is 0.471. The van der Waals surface area contributed by atoms with Crippen molar-refractivity contribution >= 4 is 27.7 Å². The topological polar surface area (TPSA) is 130 Å². The highest BCUT2D eigenvalue weighted by molar-refractivity contribution is 7.89. The number of nitrogens with one attached hydrogen (secondary N) is 2. The van der Waals surface area contributed by atoms with Crippen LogP contribution in [0.5, 0.6) is 0 Å². The summed E-state index contributed by atoms with van der Waals surface area (Å²) in [7, 11) is -3.87. The number of Topliss-reactive ketones (excluding diaryl/α,β-unsaturated/α-hetero) is 1. The zero-order chi connectivity index (χ0) is 19.7. The summed E-state index contributed by atoms with van der Waals surface area (Å²) in [5.41, 5.74) is 0.269. The third-order valence-electron chi connectivity index (χ3n) is 3.67. The number of carbonyl (C=O) groups excluding carboxylic acids is 2. The lowest BCUT2D eigenvalue weighted by Gasteiger charge is -2.14. The van der Waals surface area contributed by atoms with Gasteiger partial charge < -0.3 is 10.4 Å². The second-order valence-corrected chi connectivity index (χ2v) is 7.60. The van der Waals surface area contributed by atoms with E-state index in [1.807, 2.05) is 6.92 Å². The highest BCUT2D eigenvalue weighted by atomic mass is 32.2. The van der Waals surface area contributed by atoms with Gasteiger partial charge in [0.15, 0.2) is 5.78 Å². The Balaban J connectivity index is 2.60. The molecule has 144 valence electrons. The van der Waals surface area contributed by atoms with Crippen LogP contribution in [-0.4, -0.2) is 43.8 Å². The van der Waals surface area contributed by atoms with Gasteiger partial charge in [-0.3, -0.25) is 9.59 Å². The molecule has 0 aliphatic heterocycles. The minimum Gasteiger partial charge on any atom is -0.480 e. The van der Waals surface area contributed by atoms with Crippen LogP contribution in [0.3, 0.4) is 0 Å². The number of ketones is 1. The van der Waals surface area contributed by atoms with Crippen LogP contribution in [0.25, 0.3) is 0 Å². The molecule has 1 aromatic carbocycles. The number of unbranched alkanes of at least 4 members (excludes halogenated alkanes) is 1. The van der Waals surface area contributed by atoms with Crippen LogP contribution in [-0.2, 0) is 19.6 Å². The van der Waals surface area contributed by atoms with Crippen molar-refractivity contribution in [3.8, 4) is 0 Å². The average Bonchev–Trinajstić information content (AvgIpc) is 2.58. The standard InChI is InChI=1S/C17H24N2O6S/c1-3-4-8-15(17(22)23)19-16(21)9-10-18-26(24,25)14-7-5-6-13(11-14)12(2)20/h5-7,11,15,18H,3-4,8-10H2,1-2H3,(H,19,21)(H,22,23)/t15-/m0/s1. The first kappa shape index (κ1) is 21.8. The number of carbonyl (C=O) groups is 3. The van der Waals surface area contributed by atoms with Gasteiger partial charge in [0.25, 0.3) is 0 Å². The Hall–Kier alpha value is -2.26. The van der Waals surface area contributed by atoms with Crippen molar-refractivity contribution in [2.45, 2.75) is 50.5 Å². The third-order valence-corrected chi connectivity index (χ3v) is 5.13. The summed E-state index contributed by atoms with van der Waals surface area (Å²) < 4.78 is 26.7. The molecule has 0 aliphatic rings. The number of carboxylic acid groups (broad SMARTS) is 1. The van der Waals surface area contributed by atoms with E-state index in [0.29, 0.717) is 12.8 Å². The summed E-state index contributed by atoms with van der Waals surface area (Å²) in [6.07, 6.45) is 1.60. The maximum Gasteiger partial charge on any atom is 0.326 e. The van der Waals surface area contributed by atoms with E-state index in [0.717, 1.165) is 6.42 Å². The predicted molar refractivity (Wildman–Crippen MR) is 95.3 cm³/mol. The van der Waals surface area contributed by atoms with Crippen LogP contribution in [0.1, 0.15) is 49.9 Å². The molecule has 0 aliphatic carbocycles. The summed E-state index contributed by atoms with van der Waals surface area (Å²) in [6.45, 7) is 3.07. The highest BCUT2D eigenvalue weighted by Crippen LogP contribution is 2.12. The maximum absolute atomic E-state index is 12.2. The van der Waals surface area contributed by atoms with Crippen molar-refractivity contribution in [2.75, 3.05) is 6.54 Å². The summed E-state index contributed by atoms with van der Waals surface area (Å²) in [6, 6.07) is 4.60. The summed E-state index contributed by atoms with van der Waals surface area (Å²) in [5, 5.41) is 11.5. The lowest BCUT2D eigenvalue weighted by molar-refractivity contribution is -0.142. The number of benzene rings is 1. The molecule has 0 saturated heterocycles. The van der Waals surface area contributed by atoms with E-state index in [-0.39, 0.29) is 29.2 Å². The first-order valence-electron chi connectivity index (χ1n) is 8.30. The molecule has 0 aromatic heterocycles. The molecule has 1 aromatic rings. The number of sulfonamides is 1. The molecule has 26 heavy (non-hydrogen) atoms. The van der Waals surface area contributed by atoms with Crippen LogP contribution in [0.4, 0.5) is 0 Å². The van der Waals surface area contributed by atoms with Crippen molar-refractivity contribution in [3.05, 3.63) is 29.8 Å². The van der Waals surface area contributed by atoms with E-state index in [1.165, 1.54) is 31.2 Å². The molecule has 1 atom stereocenters. The predicted octanol–water partition coefficient (Wildman–Crippen LogP) is 1.32. The van der Waals surface area contributed by atoms with Crippen molar-refractivity contribution < 1.29 is 27.9 Å². The molecule has 0 heterocycles. The molecule has 0 fully saturated rings. The van der Waals surface area contributed by atoms with Gasteiger partial charge in [-0.15, -0.1) is 0 Å². The molecule has 0 spiro atoms. The van der Waals surface area contributed by atoms with Crippen LogP contribution < -0.4 is 10.0 Å².